The van der Waals surface area contributed by atoms with Crippen LogP contribution in [0.25, 0.3) is 0 Å². The van der Waals surface area contributed by atoms with Crippen LogP contribution in [0.3, 0.4) is 0 Å². The molecule has 0 aromatic rings. The number of nitrogens with two attached hydrogens (primary N) is 1. The van der Waals surface area contributed by atoms with Crippen molar-refractivity contribution in [3.63, 3.8) is 0 Å². The van der Waals surface area contributed by atoms with E-state index in [-0.39, 0.29) is 0 Å². The molecule has 0 heterocycles. The molecule has 4 aliphatic carbocycles. The highest BCUT2D eigenvalue weighted by atomic mass is 16.5. The van der Waals surface area contributed by atoms with Gasteiger partial charge in [0.1, 0.15) is 5.72 Å². The van der Waals surface area contributed by atoms with E-state index in [0.29, 0.717) is 0 Å². The van der Waals surface area contributed by atoms with Gasteiger partial charge in [0, 0.05) is 0 Å². The summed E-state index contributed by atoms with van der Waals surface area (Å²) < 4.78 is 6.28. The minimum absolute atomic E-state index is 0.392. The molecule has 0 radical (unpaired) electrons. The van der Waals surface area contributed by atoms with Gasteiger partial charge in [0.15, 0.2) is 0 Å². The maximum absolute atomic E-state index is 6.59. The Morgan fingerprint density at radius 2 is 1.59 bits per heavy atom. The van der Waals surface area contributed by atoms with Crippen molar-refractivity contribution in [2.75, 3.05) is 6.61 Å². The first-order valence-corrected chi connectivity index (χ1v) is 9.44. The van der Waals surface area contributed by atoms with Crippen LogP contribution in [0.4, 0.5) is 0 Å². The van der Waals surface area contributed by atoms with Crippen LogP contribution in [0.2, 0.25) is 0 Å². The SMILES string of the molecule is CCC(N)(CCC1CC2C=CC1C2)OCC1CC2C=CC1C2. The molecule has 0 aliphatic heterocycles. The second kappa shape index (κ2) is 5.79. The summed E-state index contributed by atoms with van der Waals surface area (Å²) in [6.45, 7) is 3.05. The molecule has 0 amide bonds. The molecule has 4 rings (SSSR count). The lowest BCUT2D eigenvalue weighted by atomic mass is 9.87. The smallest absolute Gasteiger partial charge is 0.116 e. The predicted molar refractivity (Wildman–Crippen MR) is 90.1 cm³/mol. The standard InChI is InChI=1S/C20H31NO/c1-2-20(21,8-7-18-11-14-3-5-16(18)9-14)22-13-19-12-15-4-6-17(19)10-15/h3-6,14-19H,2,7-13,21H2,1H3. The third-order valence-electron chi connectivity index (χ3n) is 6.95. The summed E-state index contributed by atoms with van der Waals surface area (Å²) in [6.07, 6.45) is 18.3. The molecule has 7 unspecified atom stereocenters. The number of hydrogen-bond donors (Lipinski definition) is 1. The van der Waals surface area contributed by atoms with Crippen molar-refractivity contribution in [1.82, 2.24) is 0 Å². The molecule has 2 N–H and O–H groups in total. The molecule has 2 nitrogen and oxygen atoms in total. The molecule has 122 valence electrons. The summed E-state index contributed by atoms with van der Waals surface area (Å²) in [4.78, 5) is 0. The quantitative estimate of drug-likeness (QED) is 0.563. The van der Waals surface area contributed by atoms with E-state index < -0.39 is 5.72 Å². The second-order valence-electron chi connectivity index (χ2n) is 8.35. The summed E-state index contributed by atoms with van der Waals surface area (Å²) in [5.74, 6) is 4.87. The van der Waals surface area contributed by atoms with E-state index in [0.717, 1.165) is 55.0 Å². The zero-order chi connectivity index (χ0) is 15.2. The summed E-state index contributed by atoms with van der Waals surface area (Å²) in [5, 5.41) is 0. The zero-order valence-corrected chi connectivity index (χ0v) is 13.9. The van der Waals surface area contributed by atoms with Crippen molar-refractivity contribution in [2.45, 2.75) is 57.6 Å². The summed E-state index contributed by atoms with van der Waals surface area (Å²) in [5.41, 5.74) is 6.20. The number of fused-ring (bicyclic) bond motifs is 4. The van der Waals surface area contributed by atoms with Crippen molar-refractivity contribution < 1.29 is 4.74 Å². The average Bonchev–Trinajstić information content (AvgIpc) is 3.31. The molecule has 2 heteroatoms. The van der Waals surface area contributed by atoms with E-state index >= 15 is 0 Å². The Morgan fingerprint density at radius 1 is 0.955 bits per heavy atom. The van der Waals surface area contributed by atoms with Gasteiger partial charge in [-0.15, -0.1) is 0 Å². The Balaban J connectivity index is 1.26. The normalized spacial score (nSPS) is 44.1. The van der Waals surface area contributed by atoms with E-state index in [1.807, 2.05) is 0 Å². The highest BCUT2D eigenvalue weighted by Crippen LogP contribution is 2.46. The maximum Gasteiger partial charge on any atom is 0.116 e. The van der Waals surface area contributed by atoms with Crippen LogP contribution in [0.15, 0.2) is 24.3 Å². The second-order valence-corrected chi connectivity index (χ2v) is 8.35. The molecule has 0 aromatic carbocycles. The van der Waals surface area contributed by atoms with Crippen LogP contribution in [-0.2, 0) is 4.74 Å². The van der Waals surface area contributed by atoms with Gasteiger partial charge in [-0.2, -0.15) is 0 Å². The molecule has 2 saturated carbocycles. The highest BCUT2D eigenvalue weighted by Gasteiger charge is 2.39. The minimum atomic E-state index is -0.392. The third-order valence-corrected chi connectivity index (χ3v) is 6.95. The first-order chi connectivity index (χ1) is 10.6. The Morgan fingerprint density at radius 3 is 2.09 bits per heavy atom. The van der Waals surface area contributed by atoms with Crippen molar-refractivity contribution in [2.24, 2.45) is 41.2 Å². The van der Waals surface area contributed by atoms with Gasteiger partial charge in [0.25, 0.3) is 0 Å². The fourth-order valence-electron chi connectivity index (χ4n) is 5.37. The van der Waals surface area contributed by atoms with Crippen LogP contribution in [0.1, 0.15) is 51.9 Å². The fourth-order valence-corrected chi connectivity index (χ4v) is 5.37. The predicted octanol–water partition coefficient (Wildman–Crippen LogP) is 4.27. The lowest BCUT2D eigenvalue weighted by Crippen LogP contribution is -2.44. The number of ether oxygens (including phenoxy) is 1. The molecule has 0 saturated heterocycles. The molecular formula is C20H31NO. The van der Waals surface area contributed by atoms with E-state index in [1.165, 1.54) is 32.1 Å². The van der Waals surface area contributed by atoms with E-state index in [2.05, 4.69) is 31.2 Å². The van der Waals surface area contributed by atoms with Gasteiger partial charge in [0.2, 0.25) is 0 Å². The van der Waals surface area contributed by atoms with Gasteiger partial charge in [-0.3, -0.25) is 0 Å². The molecule has 4 bridgehead atoms. The molecule has 4 aliphatic rings. The molecule has 22 heavy (non-hydrogen) atoms. The first kappa shape index (κ1) is 15.0. The lowest BCUT2D eigenvalue weighted by molar-refractivity contribution is -0.0716. The highest BCUT2D eigenvalue weighted by molar-refractivity contribution is 5.11. The lowest BCUT2D eigenvalue weighted by Gasteiger charge is -2.33. The van der Waals surface area contributed by atoms with Crippen LogP contribution < -0.4 is 5.73 Å². The molecule has 7 atom stereocenters. The Bertz CT molecular complexity index is 430. The van der Waals surface area contributed by atoms with Gasteiger partial charge in [0.05, 0.1) is 6.61 Å². The van der Waals surface area contributed by atoms with Crippen LogP contribution >= 0.6 is 0 Å². The Hall–Kier alpha value is -0.600. The van der Waals surface area contributed by atoms with Crippen LogP contribution in [0.5, 0.6) is 0 Å². The van der Waals surface area contributed by atoms with Crippen LogP contribution in [-0.4, -0.2) is 12.3 Å². The fraction of sp³-hybridized carbons (Fsp3) is 0.800. The topological polar surface area (TPSA) is 35.2 Å². The van der Waals surface area contributed by atoms with E-state index in [4.69, 9.17) is 10.5 Å². The molecule has 0 spiro atoms. The Kier molecular flexibility index (Phi) is 3.94. The largest absolute Gasteiger partial charge is 0.361 e. The van der Waals surface area contributed by atoms with Gasteiger partial charge in [-0.25, -0.2) is 0 Å². The van der Waals surface area contributed by atoms with Crippen molar-refractivity contribution in [1.29, 1.82) is 0 Å². The summed E-state index contributed by atoms with van der Waals surface area (Å²) >= 11 is 0. The number of hydrogen-bond acceptors (Lipinski definition) is 2. The monoisotopic (exact) mass is 301 g/mol. The number of allylic oxidation sites excluding steroid dienone is 4. The zero-order valence-electron chi connectivity index (χ0n) is 13.9. The maximum atomic E-state index is 6.59. The Labute approximate surface area is 135 Å². The average molecular weight is 301 g/mol. The van der Waals surface area contributed by atoms with Gasteiger partial charge >= 0.3 is 0 Å². The van der Waals surface area contributed by atoms with E-state index in [1.54, 1.807) is 0 Å². The minimum Gasteiger partial charge on any atom is -0.361 e. The van der Waals surface area contributed by atoms with Gasteiger partial charge < -0.3 is 10.5 Å². The van der Waals surface area contributed by atoms with Crippen molar-refractivity contribution >= 4 is 0 Å². The van der Waals surface area contributed by atoms with Gasteiger partial charge in [-0.1, -0.05) is 31.2 Å². The summed E-state index contributed by atoms with van der Waals surface area (Å²) in [7, 11) is 0. The van der Waals surface area contributed by atoms with E-state index in [9.17, 15) is 0 Å². The van der Waals surface area contributed by atoms with Gasteiger partial charge in [-0.05, 0) is 80.5 Å². The van der Waals surface area contributed by atoms with Crippen molar-refractivity contribution in [3.05, 3.63) is 24.3 Å². The molecule has 2 fully saturated rings. The van der Waals surface area contributed by atoms with Crippen LogP contribution in [0, 0.1) is 35.5 Å². The van der Waals surface area contributed by atoms with Crippen molar-refractivity contribution in [3.8, 4) is 0 Å². The molecular weight excluding hydrogens is 270 g/mol. The number of rotatable bonds is 7. The third kappa shape index (κ3) is 2.80. The summed E-state index contributed by atoms with van der Waals surface area (Å²) in [6, 6.07) is 0. The first-order valence-electron chi connectivity index (χ1n) is 9.44. The molecule has 0 aromatic heterocycles.